The maximum absolute atomic E-state index is 10.5. The van der Waals surface area contributed by atoms with E-state index in [1.54, 1.807) is 25.3 Å². The van der Waals surface area contributed by atoms with Gasteiger partial charge in [0, 0.05) is 18.2 Å². The molecule has 1 heterocycles. The Morgan fingerprint density at radius 2 is 1.95 bits per heavy atom. The minimum atomic E-state index is -0.870. The molecule has 1 aromatic heterocycles. The van der Waals surface area contributed by atoms with Gasteiger partial charge in [0.2, 0.25) is 0 Å². The highest BCUT2D eigenvalue weighted by molar-refractivity contribution is 7.20. The van der Waals surface area contributed by atoms with Crippen LogP contribution in [0.15, 0.2) is 30.3 Å². The van der Waals surface area contributed by atoms with Crippen molar-refractivity contribution in [2.75, 3.05) is 20.3 Å². The van der Waals surface area contributed by atoms with E-state index in [0.29, 0.717) is 38.8 Å². The molecular weight excluding hydrogens is 319 g/mol. The van der Waals surface area contributed by atoms with Crippen molar-refractivity contribution in [2.45, 2.75) is 6.10 Å². The molecule has 20 heavy (non-hydrogen) atoms. The van der Waals surface area contributed by atoms with Crippen molar-refractivity contribution in [2.24, 2.45) is 0 Å². The zero-order valence-electron chi connectivity index (χ0n) is 10.8. The zero-order valence-corrected chi connectivity index (χ0v) is 13.1. The van der Waals surface area contributed by atoms with Crippen molar-refractivity contribution < 1.29 is 14.6 Å². The van der Waals surface area contributed by atoms with Gasteiger partial charge in [0.25, 0.3) is 0 Å². The normalized spacial score (nSPS) is 12.4. The maximum Gasteiger partial charge on any atom is 0.125 e. The Bertz CT molecular complexity index is 571. The van der Waals surface area contributed by atoms with Crippen LogP contribution in [0.5, 0.6) is 5.75 Å². The minimum absolute atomic E-state index is 0.415. The Labute approximate surface area is 131 Å². The number of para-hydroxylation sites is 1. The monoisotopic (exact) mass is 332 g/mol. The molecule has 0 fully saturated rings. The summed E-state index contributed by atoms with van der Waals surface area (Å²) in [7, 11) is 1.61. The number of rotatable bonds is 6. The molecule has 0 aliphatic heterocycles. The van der Waals surface area contributed by atoms with E-state index in [2.05, 4.69) is 0 Å². The van der Waals surface area contributed by atoms with E-state index in [4.69, 9.17) is 32.7 Å². The van der Waals surface area contributed by atoms with Crippen LogP contribution in [-0.4, -0.2) is 25.4 Å². The van der Waals surface area contributed by atoms with Gasteiger partial charge in [-0.1, -0.05) is 41.4 Å². The lowest BCUT2D eigenvalue weighted by atomic mass is 10.0. The molecule has 0 amide bonds. The molecule has 1 N–H and O–H groups in total. The summed E-state index contributed by atoms with van der Waals surface area (Å²) in [4.78, 5) is 0. The Balaban J connectivity index is 2.25. The lowest BCUT2D eigenvalue weighted by Crippen LogP contribution is -2.08. The Kier molecular flexibility index (Phi) is 5.69. The van der Waals surface area contributed by atoms with Crippen LogP contribution in [0.1, 0.15) is 17.2 Å². The summed E-state index contributed by atoms with van der Waals surface area (Å²) < 4.78 is 11.6. The first-order valence-corrected chi connectivity index (χ1v) is 7.54. The number of halogens is 2. The number of hydrogen-bond acceptors (Lipinski definition) is 4. The first-order valence-electron chi connectivity index (χ1n) is 5.97. The Morgan fingerprint density at radius 3 is 2.60 bits per heavy atom. The van der Waals surface area contributed by atoms with Crippen molar-refractivity contribution in [1.82, 2.24) is 0 Å². The molecule has 0 aliphatic rings. The lowest BCUT2D eigenvalue weighted by molar-refractivity contribution is 0.142. The quantitative estimate of drug-likeness (QED) is 0.807. The third-order valence-electron chi connectivity index (χ3n) is 2.74. The molecule has 0 radical (unpaired) electrons. The van der Waals surface area contributed by atoms with Crippen molar-refractivity contribution >= 4 is 34.5 Å². The summed E-state index contributed by atoms with van der Waals surface area (Å²) in [5.41, 5.74) is 1.24. The largest absolute Gasteiger partial charge is 0.491 e. The summed E-state index contributed by atoms with van der Waals surface area (Å²) >= 11 is 13.2. The zero-order chi connectivity index (χ0) is 14.5. The lowest BCUT2D eigenvalue weighted by Gasteiger charge is -2.15. The van der Waals surface area contributed by atoms with Crippen molar-refractivity contribution in [3.05, 3.63) is 50.1 Å². The van der Waals surface area contributed by atoms with Crippen LogP contribution >= 0.6 is 34.5 Å². The average molecular weight is 333 g/mol. The van der Waals surface area contributed by atoms with Crippen LogP contribution in [0.2, 0.25) is 8.67 Å². The third-order valence-corrected chi connectivity index (χ3v) is 4.25. The molecule has 0 bridgehead atoms. The van der Waals surface area contributed by atoms with Crippen LogP contribution in [0.3, 0.4) is 0 Å². The molecule has 1 unspecified atom stereocenters. The van der Waals surface area contributed by atoms with Gasteiger partial charge in [0.15, 0.2) is 0 Å². The summed E-state index contributed by atoms with van der Waals surface area (Å²) in [6.45, 7) is 0.897. The summed E-state index contributed by atoms with van der Waals surface area (Å²) in [5.74, 6) is 0.607. The van der Waals surface area contributed by atoms with Crippen LogP contribution in [-0.2, 0) is 4.74 Å². The number of aliphatic hydroxyl groups excluding tert-OH is 1. The second kappa shape index (κ2) is 7.29. The molecule has 108 valence electrons. The standard InChI is InChI=1S/C14H14Cl2O3S/c1-18-6-7-19-11-5-3-2-4-9(11)13(17)10-8-12(15)20-14(10)16/h2-5,8,13,17H,6-7H2,1H3. The summed E-state index contributed by atoms with van der Waals surface area (Å²) in [6, 6.07) is 8.96. The van der Waals surface area contributed by atoms with Crippen molar-refractivity contribution in [1.29, 1.82) is 0 Å². The fourth-order valence-electron chi connectivity index (χ4n) is 1.78. The smallest absolute Gasteiger partial charge is 0.125 e. The molecular formula is C14H14Cl2O3S. The van der Waals surface area contributed by atoms with E-state index in [-0.39, 0.29) is 0 Å². The fraction of sp³-hybridized carbons (Fsp3) is 0.286. The SMILES string of the molecule is COCCOc1ccccc1C(O)c1cc(Cl)sc1Cl. The van der Waals surface area contributed by atoms with Gasteiger partial charge in [-0.3, -0.25) is 0 Å². The molecule has 2 aromatic rings. The number of thiophene rings is 1. The minimum Gasteiger partial charge on any atom is -0.491 e. The van der Waals surface area contributed by atoms with E-state index in [1.165, 1.54) is 11.3 Å². The molecule has 2 rings (SSSR count). The van der Waals surface area contributed by atoms with Gasteiger partial charge < -0.3 is 14.6 Å². The van der Waals surface area contributed by atoms with Crippen LogP contribution < -0.4 is 4.74 Å². The first-order chi connectivity index (χ1) is 9.63. The predicted molar refractivity (Wildman–Crippen MR) is 82.2 cm³/mol. The highest BCUT2D eigenvalue weighted by Crippen LogP contribution is 2.39. The fourth-order valence-corrected chi connectivity index (χ4v) is 3.30. The van der Waals surface area contributed by atoms with E-state index in [9.17, 15) is 5.11 Å². The molecule has 3 nitrogen and oxygen atoms in total. The second-order valence-corrected chi connectivity index (χ2v) is 6.35. The maximum atomic E-state index is 10.5. The molecule has 0 aliphatic carbocycles. The topological polar surface area (TPSA) is 38.7 Å². The first kappa shape index (κ1) is 15.6. The number of aliphatic hydroxyl groups is 1. The van der Waals surface area contributed by atoms with Gasteiger partial charge >= 0.3 is 0 Å². The number of benzene rings is 1. The van der Waals surface area contributed by atoms with Gasteiger partial charge in [-0.25, -0.2) is 0 Å². The predicted octanol–water partition coefficient (Wildman–Crippen LogP) is 4.16. The van der Waals surface area contributed by atoms with Gasteiger partial charge in [0.1, 0.15) is 22.8 Å². The van der Waals surface area contributed by atoms with Crippen LogP contribution in [0, 0.1) is 0 Å². The van der Waals surface area contributed by atoms with Gasteiger partial charge in [0.05, 0.1) is 10.9 Å². The highest BCUT2D eigenvalue weighted by atomic mass is 35.5. The molecule has 0 spiro atoms. The Hall–Kier alpha value is -0.780. The second-order valence-electron chi connectivity index (χ2n) is 4.06. The van der Waals surface area contributed by atoms with Crippen LogP contribution in [0.4, 0.5) is 0 Å². The molecule has 1 aromatic carbocycles. The van der Waals surface area contributed by atoms with Crippen molar-refractivity contribution in [3.8, 4) is 5.75 Å². The van der Waals surface area contributed by atoms with Crippen molar-refractivity contribution in [3.63, 3.8) is 0 Å². The number of ether oxygens (including phenoxy) is 2. The summed E-state index contributed by atoms with van der Waals surface area (Å²) in [6.07, 6.45) is -0.870. The molecule has 6 heteroatoms. The molecule has 0 saturated carbocycles. The molecule has 1 atom stereocenters. The van der Waals surface area contributed by atoms with E-state index < -0.39 is 6.10 Å². The average Bonchev–Trinajstić information content (AvgIpc) is 2.78. The Morgan fingerprint density at radius 1 is 1.20 bits per heavy atom. The van der Waals surface area contributed by atoms with Gasteiger partial charge in [-0.15, -0.1) is 11.3 Å². The van der Waals surface area contributed by atoms with Crippen LogP contribution in [0.25, 0.3) is 0 Å². The molecule has 0 saturated heterocycles. The van der Waals surface area contributed by atoms with Gasteiger partial charge in [-0.05, 0) is 12.1 Å². The number of methoxy groups -OCH3 is 1. The third kappa shape index (κ3) is 3.65. The van der Waals surface area contributed by atoms with E-state index in [0.717, 1.165) is 0 Å². The van der Waals surface area contributed by atoms with E-state index >= 15 is 0 Å². The van der Waals surface area contributed by atoms with Gasteiger partial charge in [-0.2, -0.15) is 0 Å². The summed E-state index contributed by atoms with van der Waals surface area (Å²) in [5, 5.41) is 10.5. The number of hydrogen-bond donors (Lipinski definition) is 1. The van der Waals surface area contributed by atoms with E-state index in [1.807, 2.05) is 12.1 Å². The highest BCUT2D eigenvalue weighted by Gasteiger charge is 2.20.